The Hall–Kier alpha value is -1.47. The summed E-state index contributed by atoms with van der Waals surface area (Å²) in [7, 11) is 0. The Labute approximate surface area is 107 Å². The van der Waals surface area contributed by atoms with Gasteiger partial charge in [0, 0.05) is 33.0 Å². The van der Waals surface area contributed by atoms with E-state index in [1.807, 2.05) is 6.07 Å². The molecule has 0 atom stereocenters. The van der Waals surface area contributed by atoms with Crippen molar-refractivity contribution in [3.05, 3.63) is 28.2 Å². The van der Waals surface area contributed by atoms with E-state index in [9.17, 15) is 5.21 Å². The van der Waals surface area contributed by atoms with Gasteiger partial charge in [0.15, 0.2) is 5.69 Å². The van der Waals surface area contributed by atoms with Crippen LogP contribution in [0.3, 0.4) is 0 Å². The standard InChI is InChI=1S/C12H15N3O.ClH/c1-9-7-12(14-5-3-4-6-14)11(8-13)10(2)15(9)16;/h7H,3-6H2,1-2H3;1H. The molecule has 4 nitrogen and oxygen atoms in total. The van der Waals surface area contributed by atoms with Crippen LogP contribution in [0, 0.1) is 30.4 Å². The van der Waals surface area contributed by atoms with Gasteiger partial charge in [0.1, 0.15) is 11.6 Å². The number of aryl methyl sites for hydroxylation is 1. The highest BCUT2D eigenvalue weighted by Gasteiger charge is 2.22. The minimum absolute atomic E-state index is 0. The van der Waals surface area contributed by atoms with Crippen molar-refractivity contribution in [2.75, 3.05) is 18.0 Å². The molecule has 1 aliphatic heterocycles. The Morgan fingerprint density at radius 2 is 1.94 bits per heavy atom. The molecule has 1 aliphatic rings. The van der Waals surface area contributed by atoms with E-state index in [0.717, 1.165) is 36.3 Å². The number of anilines is 1. The summed E-state index contributed by atoms with van der Waals surface area (Å²) >= 11 is 0. The van der Waals surface area contributed by atoms with Gasteiger partial charge >= 0.3 is 0 Å². The van der Waals surface area contributed by atoms with Gasteiger partial charge in [-0.15, -0.1) is 12.4 Å². The molecule has 0 aromatic carbocycles. The average Bonchev–Trinajstić information content (AvgIpc) is 2.79. The lowest BCUT2D eigenvalue weighted by Gasteiger charge is -2.20. The van der Waals surface area contributed by atoms with Crippen LogP contribution in [0.25, 0.3) is 0 Å². The van der Waals surface area contributed by atoms with E-state index in [0.29, 0.717) is 17.0 Å². The number of hydrogen-bond donors (Lipinski definition) is 0. The monoisotopic (exact) mass is 253 g/mol. The molecule has 1 fully saturated rings. The van der Waals surface area contributed by atoms with Gasteiger partial charge < -0.3 is 10.1 Å². The number of halogens is 1. The van der Waals surface area contributed by atoms with Crippen LogP contribution in [0.15, 0.2) is 6.07 Å². The molecular formula is C12H16ClN3O. The first-order valence-electron chi connectivity index (χ1n) is 5.54. The van der Waals surface area contributed by atoms with Crippen LogP contribution in [-0.4, -0.2) is 13.1 Å². The summed E-state index contributed by atoms with van der Waals surface area (Å²) < 4.78 is 0.831. The molecule has 2 heterocycles. The molecule has 0 spiro atoms. The van der Waals surface area contributed by atoms with Crippen LogP contribution in [0.1, 0.15) is 29.8 Å². The molecule has 0 saturated carbocycles. The van der Waals surface area contributed by atoms with Gasteiger partial charge in [-0.25, -0.2) is 0 Å². The maximum absolute atomic E-state index is 11.7. The van der Waals surface area contributed by atoms with E-state index in [1.165, 1.54) is 0 Å². The van der Waals surface area contributed by atoms with E-state index < -0.39 is 0 Å². The van der Waals surface area contributed by atoms with Crippen molar-refractivity contribution in [1.29, 1.82) is 5.26 Å². The van der Waals surface area contributed by atoms with Gasteiger partial charge in [-0.05, 0) is 12.8 Å². The van der Waals surface area contributed by atoms with E-state index in [1.54, 1.807) is 13.8 Å². The van der Waals surface area contributed by atoms with Crippen LogP contribution in [-0.2, 0) is 0 Å². The lowest BCUT2D eigenvalue weighted by Crippen LogP contribution is -2.36. The molecule has 0 unspecified atom stereocenters. The summed E-state index contributed by atoms with van der Waals surface area (Å²) in [6.07, 6.45) is 2.32. The molecule has 2 rings (SSSR count). The number of aromatic nitrogens is 1. The lowest BCUT2D eigenvalue weighted by molar-refractivity contribution is -0.619. The molecule has 1 aromatic rings. The first-order valence-corrected chi connectivity index (χ1v) is 5.54. The van der Waals surface area contributed by atoms with Gasteiger partial charge in [-0.2, -0.15) is 9.99 Å². The third kappa shape index (κ3) is 2.29. The summed E-state index contributed by atoms with van der Waals surface area (Å²) in [5.74, 6) is 0. The molecule has 0 amide bonds. The predicted molar refractivity (Wildman–Crippen MR) is 68.3 cm³/mol. The number of hydrogen-bond acceptors (Lipinski definition) is 3. The number of nitriles is 1. The van der Waals surface area contributed by atoms with Crippen molar-refractivity contribution < 1.29 is 4.73 Å². The number of nitrogens with zero attached hydrogens (tertiary/aromatic N) is 3. The van der Waals surface area contributed by atoms with Crippen molar-refractivity contribution in [2.24, 2.45) is 0 Å². The van der Waals surface area contributed by atoms with Crippen molar-refractivity contribution in [1.82, 2.24) is 0 Å². The SMILES string of the molecule is Cc1cc(N2CCCC2)c(C#N)c(C)[n+]1[O-].Cl. The summed E-state index contributed by atoms with van der Waals surface area (Å²) in [6.45, 7) is 5.45. The first kappa shape index (κ1) is 13.6. The highest BCUT2D eigenvalue weighted by atomic mass is 35.5. The summed E-state index contributed by atoms with van der Waals surface area (Å²) in [5, 5.41) is 20.8. The lowest BCUT2D eigenvalue weighted by atomic mass is 10.1. The van der Waals surface area contributed by atoms with Gasteiger partial charge in [0.2, 0.25) is 5.69 Å². The first-order chi connectivity index (χ1) is 7.65. The molecule has 0 aliphatic carbocycles. The van der Waals surface area contributed by atoms with Crippen molar-refractivity contribution in [3.8, 4) is 6.07 Å². The third-order valence-electron chi connectivity index (χ3n) is 3.15. The molecule has 0 N–H and O–H groups in total. The minimum Gasteiger partial charge on any atom is -0.618 e. The number of rotatable bonds is 1. The molecular weight excluding hydrogens is 238 g/mol. The zero-order valence-corrected chi connectivity index (χ0v) is 10.9. The van der Waals surface area contributed by atoms with Crippen LogP contribution in [0.2, 0.25) is 0 Å². The normalized spacial score (nSPS) is 14.3. The maximum Gasteiger partial charge on any atom is 0.209 e. The summed E-state index contributed by atoms with van der Waals surface area (Å²) in [6, 6.07) is 3.97. The predicted octanol–water partition coefficient (Wildman–Crippen LogP) is 1.83. The van der Waals surface area contributed by atoms with Crippen LogP contribution < -0.4 is 9.63 Å². The highest BCUT2D eigenvalue weighted by molar-refractivity contribution is 5.85. The smallest absolute Gasteiger partial charge is 0.209 e. The Balaban J connectivity index is 0.00000144. The molecule has 0 radical (unpaired) electrons. The van der Waals surface area contributed by atoms with E-state index >= 15 is 0 Å². The summed E-state index contributed by atoms with van der Waals surface area (Å²) in [4.78, 5) is 2.19. The molecule has 1 aromatic heterocycles. The molecule has 0 bridgehead atoms. The maximum atomic E-state index is 11.7. The van der Waals surface area contributed by atoms with E-state index in [-0.39, 0.29) is 12.4 Å². The average molecular weight is 254 g/mol. The Kier molecular flexibility index (Phi) is 4.19. The third-order valence-corrected chi connectivity index (χ3v) is 3.15. The Morgan fingerprint density at radius 1 is 1.35 bits per heavy atom. The van der Waals surface area contributed by atoms with Crippen molar-refractivity contribution in [3.63, 3.8) is 0 Å². The molecule has 17 heavy (non-hydrogen) atoms. The van der Waals surface area contributed by atoms with Crippen LogP contribution in [0.4, 0.5) is 5.69 Å². The van der Waals surface area contributed by atoms with E-state index in [2.05, 4.69) is 11.0 Å². The fourth-order valence-electron chi connectivity index (χ4n) is 2.23. The topological polar surface area (TPSA) is 54.0 Å². The zero-order valence-electron chi connectivity index (χ0n) is 10.1. The molecule has 92 valence electrons. The fourth-order valence-corrected chi connectivity index (χ4v) is 2.23. The van der Waals surface area contributed by atoms with Gasteiger partial charge in [-0.3, -0.25) is 0 Å². The quantitative estimate of drug-likeness (QED) is 0.567. The van der Waals surface area contributed by atoms with Gasteiger partial charge in [-0.1, -0.05) is 0 Å². The van der Waals surface area contributed by atoms with E-state index in [4.69, 9.17) is 5.26 Å². The largest absolute Gasteiger partial charge is 0.618 e. The van der Waals surface area contributed by atoms with Crippen molar-refractivity contribution >= 4 is 18.1 Å². The summed E-state index contributed by atoms with van der Waals surface area (Å²) in [5.41, 5.74) is 2.59. The molecule has 1 saturated heterocycles. The minimum atomic E-state index is 0. The van der Waals surface area contributed by atoms with Crippen molar-refractivity contribution in [2.45, 2.75) is 26.7 Å². The fraction of sp³-hybridized carbons (Fsp3) is 0.500. The second-order valence-electron chi connectivity index (χ2n) is 4.23. The number of pyridine rings is 1. The van der Waals surface area contributed by atoms with Gasteiger partial charge in [0.05, 0.1) is 5.69 Å². The Bertz CT molecular complexity index is 462. The van der Waals surface area contributed by atoms with Gasteiger partial charge in [0.25, 0.3) is 0 Å². The Morgan fingerprint density at radius 3 is 2.47 bits per heavy atom. The highest BCUT2D eigenvalue weighted by Crippen LogP contribution is 2.25. The van der Waals surface area contributed by atoms with Crippen LogP contribution in [0.5, 0.6) is 0 Å². The van der Waals surface area contributed by atoms with Crippen LogP contribution >= 0.6 is 12.4 Å². The second-order valence-corrected chi connectivity index (χ2v) is 4.23. The zero-order chi connectivity index (χ0) is 11.7. The second kappa shape index (κ2) is 5.24. The molecule has 5 heteroatoms.